The summed E-state index contributed by atoms with van der Waals surface area (Å²) in [5, 5.41) is 0. The smallest absolute Gasteiger partial charge is 0.267 e. The van der Waals surface area contributed by atoms with Crippen molar-refractivity contribution in [3.05, 3.63) is 12.7 Å². The lowest BCUT2D eigenvalue weighted by Crippen LogP contribution is -2.41. The molecule has 88 valence electrons. The van der Waals surface area contributed by atoms with Gasteiger partial charge in [-0.25, -0.2) is 0 Å². The molecule has 0 heterocycles. The standard InChI is InChI=1S/C10H20O3SSi/c1-5-10(8-6-7-9-10)14(11,12)13-15(2,3)4/h5H,1,6-9H2,2-4H3. The van der Waals surface area contributed by atoms with Crippen LogP contribution in [0, 0.1) is 0 Å². The first-order valence-corrected chi connectivity index (χ1v) is 10.1. The molecule has 1 rings (SSSR count). The van der Waals surface area contributed by atoms with Gasteiger partial charge in [-0.1, -0.05) is 18.9 Å². The molecule has 0 bridgehead atoms. The van der Waals surface area contributed by atoms with Crippen LogP contribution in [0.25, 0.3) is 0 Å². The molecule has 0 aromatic heterocycles. The maximum Gasteiger partial charge on any atom is 0.267 e. The Hall–Kier alpha value is -0.133. The molecule has 5 heteroatoms. The molecule has 0 aromatic rings. The molecule has 0 aromatic carbocycles. The monoisotopic (exact) mass is 248 g/mol. The van der Waals surface area contributed by atoms with Gasteiger partial charge in [-0.15, -0.1) is 6.58 Å². The van der Waals surface area contributed by atoms with E-state index in [9.17, 15) is 8.42 Å². The number of hydrogen-bond donors (Lipinski definition) is 0. The van der Waals surface area contributed by atoms with E-state index in [1.807, 2.05) is 19.6 Å². The number of hydrogen-bond acceptors (Lipinski definition) is 3. The Balaban J connectivity index is 2.98. The Morgan fingerprint density at radius 1 is 1.27 bits per heavy atom. The molecule has 1 fully saturated rings. The fourth-order valence-electron chi connectivity index (χ4n) is 1.94. The van der Waals surface area contributed by atoms with Gasteiger partial charge in [0.2, 0.25) is 8.32 Å². The molecular weight excluding hydrogens is 228 g/mol. The molecule has 0 aliphatic heterocycles. The van der Waals surface area contributed by atoms with Crippen LogP contribution in [-0.4, -0.2) is 21.5 Å². The van der Waals surface area contributed by atoms with Crippen molar-refractivity contribution < 1.29 is 12.3 Å². The quantitative estimate of drug-likeness (QED) is 0.567. The van der Waals surface area contributed by atoms with Crippen molar-refractivity contribution in [1.29, 1.82) is 0 Å². The molecule has 0 amide bonds. The van der Waals surface area contributed by atoms with Crippen molar-refractivity contribution >= 4 is 18.4 Å². The van der Waals surface area contributed by atoms with Crippen LogP contribution in [0.15, 0.2) is 12.7 Å². The third-order valence-corrected chi connectivity index (χ3v) is 7.13. The summed E-state index contributed by atoms with van der Waals surface area (Å²) in [4.78, 5) is 0. The molecule has 0 radical (unpaired) electrons. The van der Waals surface area contributed by atoms with Crippen molar-refractivity contribution in [2.45, 2.75) is 50.1 Å². The number of rotatable bonds is 4. The van der Waals surface area contributed by atoms with E-state index in [0.717, 1.165) is 12.8 Å². The highest BCUT2D eigenvalue weighted by Crippen LogP contribution is 2.39. The van der Waals surface area contributed by atoms with Crippen LogP contribution in [0.1, 0.15) is 25.7 Å². The Morgan fingerprint density at radius 3 is 2.07 bits per heavy atom. The lowest BCUT2D eigenvalue weighted by molar-refractivity contribution is 0.450. The molecule has 0 atom stereocenters. The van der Waals surface area contributed by atoms with E-state index < -0.39 is 23.2 Å². The van der Waals surface area contributed by atoms with Gasteiger partial charge in [-0.3, -0.25) is 0 Å². The fourth-order valence-corrected chi connectivity index (χ4v) is 6.23. The van der Waals surface area contributed by atoms with Gasteiger partial charge in [0.1, 0.15) is 4.75 Å². The van der Waals surface area contributed by atoms with E-state index in [0.29, 0.717) is 12.8 Å². The first kappa shape index (κ1) is 12.9. The lowest BCUT2D eigenvalue weighted by Gasteiger charge is -2.28. The lowest BCUT2D eigenvalue weighted by atomic mass is 10.1. The van der Waals surface area contributed by atoms with Crippen molar-refractivity contribution in [3.63, 3.8) is 0 Å². The van der Waals surface area contributed by atoms with Crippen LogP contribution in [-0.2, 0) is 14.0 Å². The summed E-state index contributed by atoms with van der Waals surface area (Å²) in [5.74, 6) is 0. The molecule has 3 nitrogen and oxygen atoms in total. The van der Waals surface area contributed by atoms with E-state index in [2.05, 4.69) is 6.58 Å². The van der Waals surface area contributed by atoms with Gasteiger partial charge < -0.3 is 3.87 Å². The second kappa shape index (κ2) is 4.03. The topological polar surface area (TPSA) is 43.4 Å². The summed E-state index contributed by atoms with van der Waals surface area (Å²) in [5.41, 5.74) is 0. The Bertz CT molecular complexity index is 334. The second-order valence-electron chi connectivity index (χ2n) is 5.13. The largest absolute Gasteiger partial charge is 0.315 e. The molecule has 0 saturated heterocycles. The van der Waals surface area contributed by atoms with Gasteiger partial charge in [0.05, 0.1) is 0 Å². The summed E-state index contributed by atoms with van der Waals surface area (Å²) < 4.78 is 28.8. The van der Waals surface area contributed by atoms with Gasteiger partial charge in [-0.05, 0) is 32.5 Å². The van der Waals surface area contributed by atoms with Gasteiger partial charge in [-0.2, -0.15) is 8.42 Å². The molecule has 1 saturated carbocycles. The first-order valence-electron chi connectivity index (χ1n) is 5.31. The Kier molecular flexibility index (Phi) is 3.48. The van der Waals surface area contributed by atoms with Gasteiger partial charge >= 0.3 is 0 Å². The van der Waals surface area contributed by atoms with Crippen LogP contribution in [0.3, 0.4) is 0 Å². The molecule has 1 aliphatic rings. The predicted octanol–water partition coefficient (Wildman–Crippen LogP) is 2.67. The molecule has 15 heavy (non-hydrogen) atoms. The molecule has 0 N–H and O–H groups in total. The summed E-state index contributed by atoms with van der Waals surface area (Å²) in [6, 6.07) is 0. The van der Waals surface area contributed by atoms with Crippen LogP contribution in [0.2, 0.25) is 19.6 Å². The van der Waals surface area contributed by atoms with Crippen molar-refractivity contribution in [2.75, 3.05) is 0 Å². The van der Waals surface area contributed by atoms with Crippen molar-refractivity contribution in [1.82, 2.24) is 0 Å². The fraction of sp³-hybridized carbons (Fsp3) is 0.800. The predicted molar refractivity (Wildman–Crippen MR) is 64.7 cm³/mol. The highest BCUT2D eigenvalue weighted by Gasteiger charge is 2.46. The minimum atomic E-state index is -3.49. The normalized spacial score (nSPS) is 21.5. The van der Waals surface area contributed by atoms with Gasteiger partial charge in [0.25, 0.3) is 10.1 Å². The Morgan fingerprint density at radius 2 is 1.73 bits per heavy atom. The third kappa shape index (κ3) is 2.71. The molecule has 0 spiro atoms. The van der Waals surface area contributed by atoms with Gasteiger partial charge in [0.15, 0.2) is 0 Å². The molecule has 0 unspecified atom stereocenters. The summed E-state index contributed by atoms with van der Waals surface area (Å²) in [6.07, 6.45) is 4.77. The first-order chi connectivity index (χ1) is 6.72. The average molecular weight is 248 g/mol. The zero-order valence-corrected chi connectivity index (χ0v) is 11.6. The molecule has 1 aliphatic carbocycles. The van der Waals surface area contributed by atoms with E-state index in [1.54, 1.807) is 6.08 Å². The highest BCUT2D eigenvalue weighted by atomic mass is 32.2. The van der Waals surface area contributed by atoms with E-state index in [4.69, 9.17) is 3.87 Å². The van der Waals surface area contributed by atoms with Crippen LogP contribution >= 0.6 is 0 Å². The third-order valence-electron chi connectivity index (χ3n) is 2.68. The average Bonchev–Trinajstić information content (AvgIpc) is 2.48. The maximum absolute atomic E-state index is 12.1. The minimum absolute atomic E-state index is 0.656. The SMILES string of the molecule is C=CC1(S(=O)(=O)O[Si](C)(C)C)CCCC1. The summed E-state index contributed by atoms with van der Waals surface area (Å²) in [7, 11) is -5.54. The summed E-state index contributed by atoms with van der Waals surface area (Å²) in [6.45, 7) is 9.32. The maximum atomic E-state index is 12.1. The minimum Gasteiger partial charge on any atom is -0.315 e. The highest BCUT2D eigenvalue weighted by molar-refractivity contribution is 7.89. The summed E-state index contributed by atoms with van der Waals surface area (Å²) >= 11 is 0. The zero-order valence-electron chi connectivity index (χ0n) is 9.75. The van der Waals surface area contributed by atoms with Crippen molar-refractivity contribution in [2.24, 2.45) is 0 Å². The van der Waals surface area contributed by atoms with Gasteiger partial charge in [0, 0.05) is 0 Å². The Labute approximate surface area is 93.8 Å². The second-order valence-corrected chi connectivity index (χ2v) is 11.7. The van der Waals surface area contributed by atoms with E-state index >= 15 is 0 Å². The van der Waals surface area contributed by atoms with Crippen molar-refractivity contribution in [3.8, 4) is 0 Å². The zero-order chi connectivity index (χ0) is 11.7. The van der Waals surface area contributed by atoms with Crippen LogP contribution in [0.4, 0.5) is 0 Å². The van der Waals surface area contributed by atoms with E-state index in [-0.39, 0.29) is 0 Å². The van der Waals surface area contributed by atoms with E-state index in [1.165, 1.54) is 0 Å². The molecular formula is C10H20O3SSi. The van der Waals surface area contributed by atoms with Crippen LogP contribution < -0.4 is 0 Å². The van der Waals surface area contributed by atoms with Crippen LogP contribution in [0.5, 0.6) is 0 Å².